The maximum absolute atomic E-state index is 12.8. The number of hydrogen-bond acceptors (Lipinski definition) is 16. The fraction of sp³-hybridized carbons (Fsp3) is 0.700. The molecule has 11 N–H and O–H groups in total. The first kappa shape index (κ1) is 32.9. The van der Waals surface area contributed by atoms with Gasteiger partial charge < -0.3 is 61.2 Å². The summed E-state index contributed by atoms with van der Waals surface area (Å²) in [7, 11) is -5.52. The van der Waals surface area contributed by atoms with Crippen molar-refractivity contribution in [1.29, 1.82) is 0 Å². The fourth-order valence-corrected chi connectivity index (χ4v) is 5.27. The first-order chi connectivity index (χ1) is 19.0. The molecule has 232 valence electrons. The molecule has 11 atom stereocenters. The number of nitrogen functional groups attached to an aromatic ring is 1. The Bertz CT molecular complexity index is 1220. The van der Waals surface area contributed by atoms with Gasteiger partial charge in [-0.3, -0.25) is 13.9 Å². The minimum atomic E-state index is -5.52. The van der Waals surface area contributed by atoms with Crippen molar-refractivity contribution in [2.75, 3.05) is 18.9 Å². The molecule has 0 radical (unpaired) electrons. The number of amides is 1. The van der Waals surface area contributed by atoms with Crippen LogP contribution in [-0.4, -0.2) is 130 Å². The molecule has 2 fully saturated rings. The molecule has 1 aromatic rings. The molecule has 0 aliphatic carbocycles. The molecule has 3 heterocycles. The van der Waals surface area contributed by atoms with Crippen molar-refractivity contribution in [2.45, 2.75) is 74.1 Å². The van der Waals surface area contributed by atoms with Crippen LogP contribution in [-0.2, 0) is 32.7 Å². The smallest absolute Gasteiger partial charge is 0.475 e. The van der Waals surface area contributed by atoms with E-state index in [4.69, 9.17) is 24.3 Å². The molecule has 2 saturated heterocycles. The molecule has 0 bridgehead atoms. The molecule has 0 spiro atoms. The van der Waals surface area contributed by atoms with E-state index in [9.17, 15) is 59.6 Å². The Hall–Kier alpha value is -2.59. The minimum absolute atomic E-state index is 0.135. The van der Waals surface area contributed by atoms with Gasteiger partial charge in [-0.1, -0.05) is 0 Å². The third-order valence-electron chi connectivity index (χ3n) is 6.31. The average Bonchev–Trinajstić information content (AvgIpc) is 3.16. The molecule has 3 rings (SSSR count). The van der Waals surface area contributed by atoms with Crippen molar-refractivity contribution in [1.82, 2.24) is 14.9 Å². The molecule has 20 nitrogen and oxygen atoms in total. The average molecular weight is 614 g/mol. The van der Waals surface area contributed by atoms with Crippen LogP contribution in [0.25, 0.3) is 0 Å². The molecule has 21 heteroatoms. The van der Waals surface area contributed by atoms with Crippen molar-refractivity contribution in [3.8, 4) is 0 Å². The van der Waals surface area contributed by atoms with Crippen LogP contribution in [0.15, 0.2) is 17.1 Å². The molecule has 1 aromatic heterocycles. The van der Waals surface area contributed by atoms with Crippen molar-refractivity contribution in [3.05, 3.63) is 22.7 Å². The van der Waals surface area contributed by atoms with Gasteiger partial charge in [-0.2, -0.15) is 4.98 Å². The number of aliphatic hydroxyl groups excluding tert-OH is 6. The van der Waals surface area contributed by atoms with Crippen molar-refractivity contribution in [3.63, 3.8) is 0 Å². The summed E-state index contributed by atoms with van der Waals surface area (Å²) in [6, 6.07) is -0.362. The lowest BCUT2D eigenvalue weighted by atomic mass is 9.88. The molecule has 3 unspecified atom stereocenters. The van der Waals surface area contributed by atoms with E-state index < -0.39 is 106 Å². The van der Waals surface area contributed by atoms with E-state index in [2.05, 4.69) is 10.3 Å². The van der Waals surface area contributed by atoms with Gasteiger partial charge in [-0.05, 0) is 6.07 Å². The monoisotopic (exact) mass is 614 g/mol. The first-order valence-electron chi connectivity index (χ1n) is 11.9. The number of anilines is 1. The number of ether oxygens (including phenoxy) is 2. The van der Waals surface area contributed by atoms with Crippen LogP contribution < -0.4 is 16.7 Å². The normalized spacial score (nSPS) is 34.9. The molecular weight excluding hydrogens is 583 g/mol. The predicted octanol–water partition coefficient (Wildman–Crippen LogP) is -5.27. The number of rotatable bonds is 11. The van der Waals surface area contributed by atoms with E-state index in [1.807, 2.05) is 0 Å². The second-order valence-electron chi connectivity index (χ2n) is 9.32. The Kier molecular flexibility index (Phi) is 10.2. The van der Waals surface area contributed by atoms with E-state index >= 15 is 0 Å². The summed E-state index contributed by atoms with van der Waals surface area (Å²) in [4.78, 5) is 49.6. The lowest BCUT2D eigenvalue weighted by Gasteiger charge is -2.46. The number of carboxylic acid groups (broad SMARTS) is 1. The number of aromatic nitrogens is 2. The van der Waals surface area contributed by atoms with Gasteiger partial charge in [-0.25, -0.2) is 18.7 Å². The highest BCUT2D eigenvalue weighted by Crippen LogP contribution is 2.51. The highest BCUT2D eigenvalue weighted by atomic mass is 31.2. The molecule has 0 saturated carbocycles. The van der Waals surface area contributed by atoms with Crippen LogP contribution in [0.4, 0.5) is 5.82 Å². The van der Waals surface area contributed by atoms with E-state index in [1.165, 1.54) is 6.07 Å². The number of aliphatic carboxylic acids is 1. The number of nitrogens with one attached hydrogen (secondary N) is 1. The van der Waals surface area contributed by atoms with Crippen molar-refractivity contribution in [2.24, 2.45) is 0 Å². The van der Waals surface area contributed by atoms with E-state index in [1.54, 1.807) is 0 Å². The van der Waals surface area contributed by atoms with Crippen molar-refractivity contribution >= 4 is 25.5 Å². The van der Waals surface area contributed by atoms with Crippen molar-refractivity contribution < 1.29 is 73.3 Å². The lowest BCUT2D eigenvalue weighted by Crippen LogP contribution is -2.67. The Morgan fingerprint density at radius 3 is 2.54 bits per heavy atom. The summed E-state index contributed by atoms with van der Waals surface area (Å²) < 4.78 is 33.7. The van der Waals surface area contributed by atoms with E-state index in [-0.39, 0.29) is 5.82 Å². The number of phosphoric acid groups is 1. The zero-order valence-electron chi connectivity index (χ0n) is 21.2. The van der Waals surface area contributed by atoms with Crippen LogP contribution in [0, 0.1) is 0 Å². The number of carbonyl (C=O) groups is 2. The highest BCUT2D eigenvalue weighted by Gasteiger charge is 2.59. The van der Waals surface area contributed by atoms with Gasteiger partial charge in [-0.15, -0.1) is 0 Å². The molecule has 41 heavy (non-hydrogen) atoms. The Balaban J connectivity index is 1.79. The SMILES string of the molecule is CC(=O)N[C@@H]1C(O)C[C@@](OP(=O)(O)OC[C@H]2O[C@@H](n3ccc(N)nc3=O)[C@H](O)[C@@H]2O)(C(=O)O)OC1[C@H](O)[C@H](O)CO. The molecular formula is C20H31N4O16P. The molecule has 2 aliphatic heterocycles. The summed E-state index contributed by atoms with van der Waals surface area (Å²) in [6.45, 7) is -1.05. The summed E-state index contributed by atoms with van der Waals surface area (Å²) in [6.07, 6.45) is -14.6. The van der Waals surface area contributed by atoms with Crippen LogP contribution in [0.1, 0.15) is 19.6 Å². The Morgan fingerprint density at radius 1 is 1.32 bits per heavy atom. The van der Waals surface area contributed by atoms with Gasteiger partial charge in [0.15, 0.2) is 6.23 Å². The second-order valence-corrected chi connectivity index (χ2v) is 10.7. The van der Waals surface area contributed by atoms with Crippen LogP contribution in [0.2, 0.25) is 0 Å². The third-order valence-corrected chi connectivity index (χ3v) is 7.32. The number of nitrogens with two attached hydrogens (primary N) is 1. The molecule has 2 aliphatic rings. The van der Waals surface area contributed by atoms with Gasteiger partial charge >= 0.3 is 19.5 Å². The zero-order valence-corrected chi connectivity index (χ0v) is 22.1. The summed E-state index contributed by atoms with van der Waals surface area (Å²) >= 11 is 0. The maximum Gasteiger partial charge on any atom is 0.475 e. The van der Waals surface area contributed by atoms with Gasteiger partial charge in [0.2, 0.25) is 5.91 Å². The maximum atomic E-state index is 12.8. The van der Waals surface area contributed by atoms with E-state index in [0.717, 1.165) is 17.7 Å². The number of carboxylic acids is 1. The second kappa shape index (κ2) is 12.7. The molecule has 1 amide bonds. The molecule has 0 aromatic carbocycles. The summed E-state index contributed by atoms with van der Waals surface area (Å²) in [5, 5.41) is 72.7. The zero-order chi connectivity index (χ0) is 30.9. The number of hydrogen-bond donors (Lipinski definition) is 10. The fourth-order valence-electron chi connectivity index (χ4n) is 4.32. The first-order valence-corrected chi connectivity index (χ1v) is 13.4. The topological polar surface area (TPSA) is 323 Å². The highest BCUT2D eigenvalue weighted by molar-refractivity contribution is 7.47. The Morgan fingerprint density at radius 2 is 1.98 bits per heavy atom. The van der Waals surface area contributed by atoms with Crippen LogP contribution in [0.3, 0.4) is 0 Å². The summed E-state index contributed by atoms with van der Waals surface area (Å²) in [5.41, 5.74) is 4.46. The minimum Gasteiger partial charge on any atom is -0.477 e. The third kappa shape index (κ3) is 7.25. The summed E-state index contributed by atoms with van der Waals surface area (Å²) in [5.74, 6) is -6.20. The predicted molar refractivity (Wildman–Crippen MR) is 128 cm³/mol. The number of nitrogens with zero attached hydrogens (tertiary/aromatic N) is 2. The number of phosphoric ester groups is 1. The lowest BCUT2D eigenvalue weighted by molar-refractivity contribution is -0.289. The quantitative estimate of drug-likeness (QED) is 0.104. The standard InChI is InChI=1S/C20H31N4O16P/c1-7(26)22-12-8(27)4-20(18(32)33,39-16(12)13(29)9(28)5-25)40-41(35,36)37-6-10-14(30)15(31)17(38-10)24-3-2-11(21)23-19(24)34/h2-3,8-10,12-17,25,27-31H,4-6H2,1H3,(H,22,26)(H,32,33)(H,35,36)(H2,21,23,34)/t8?,9-,10-,12-,13-,14-,15-,16?,17-,20-/m1/s1. The number of aliphatic hydroxyl groups is 6. The number of carbonyl (C=O) groups excluding carboxylic acids is 1. The van der Waals surface area contributed by atoms with Gasteiger partial charge in [0, 0.05) is 19.5 Å². The van der Waals surface area contributed by atoms with Gasteiger partial charge in [0.05, 0.1) is 25.4 Å². The Labute approximate surface area is 230 Å². The van der Waals surface area contributed by atoms with Gasteiger partial charge in [0.25, 0.3) is 5.79 Å². The largest absolute Gasteiger partial charge is 0.477 e. The van der Waals surface area contributed by atoms with E-state index in [0.29, 0.717) is 0 Å². The van der Waals surface area contributed by atoms with Crippen LogP contribution in [0.5, 0.6) is 0 Å². The van der Waals surface area contributed by atoms with Crippen LogP contribution >= 0.6 is 7.82 Å². The van der Waals surface area contributed by atoms with Gasteiger partial charge in [0.1, 0.15) is 42.4 Å².